The summed E-state index contributed by atoms with van der Waals surface area (Å²) in [4.78, 5) is 40.6. The monoisotopic (exact) mass is 375 g/mol. The van der Waals surface area contributed by atoms with Crippen LogP contribution in [0.4, 0.5) is 0 Å². The summed E-state index contributed by atoms with van der Waals surface area (Å²) in [6.45, 7) is 3.21. The largest absolute Gasteiger partial charge is 0.472 e. The van der Waals surface area contributed by atoms with Crippen molar-refractivity contribution in [1.29, 1.82) is 0 Å². The third-order valence-electron chi connectivity index (χ3n) is 5.52. The molecule has 7 nitrogen and oxygen atoms in total. The van der Waals surface area contributed by atoms with Gasteiger partial charge in [-0.3, -0.25) is 14.4 Å². The molecule has 0 bridgehead atoms. The van der Waals surface area contributed by atoms with E-state index in [4.69, 9.17) is 4.42 Å². The highest BCUT2D eigenvalue weighted by Crippen LogP contribution is 2.19. The van der Waals surface area contributed by atoms with Crippen LogP contribution in [0.25, 0.3) is 0 Å². The average molecular weight is 375 g/mol. The first-order valence-electron chi connectivity index (χ1n) is 10.0. The van der Waals surface area contributed by atoms with Gasteiger partial charge >= 0.3 is 0 Å². The Hall–Kier alpha value is -2.31. The molecule has 148 valence electrons. The lowest BCUT2D eigenvalue weighted by Gasteiger charge is -2.31. The van der Waals surface area contributed by atoms with Crippen molar-refractivity contribution >= 4 is 17.7 Å². The lowest BCUT2D eigenvalue weighted by atomic mass is 9.95. The van der Waals surface area contributed by atoms with E-state index in [1.165, 1.54) is 25.4 Å². The lowest BCUT2D eigenvalue weighted by Crippen LogP contribution is -2.43. The van der Waals surface area contributed by atoms with Crippen LogP contribution in [0.15, 0.2) is 23.0 Å². The van der Waals surface area contributed by atoms with E-state index in [9.17, 15) is 14.4 Å². The molecule has 2 aliphatic rings. The Morgan fingerprint density at radius 1 is 1.00 bits per heavy atom. The van der Waals surface area contributed by atoms with Gasteiger partial charge in [0.2, 0.25) is 11.8 Å². The van der Waals surface area contributed by atoms with Gasteiger partial charge in [-0.2, -0.15) is 0 Å². The fourth-order valence-electron chi connectivity index (χ4n) is 3.83. The fourth-order valence-corrected chi connectivity index (χ4v) is 3.83. The Morgan fingerprint density at radius 3 is 2.33 bits per heavy atom. The van der Waals surface area contributed by atoms with Crippen molar-refractivity contribution in [3.63, 3.8) is 0 Å². The molecule has 2 aliphatic heterocycles. The predicted octanol–water partition coefficient (Wildman–Crippen LogP) is 2.04. The van der Waals surface area contributed by atoms with Gasteiger partial charge in [0.25, 0.3) is 5.91 Å². The zero-order valence-electron chi connectivity index (χ0n) is 15.8. The Labute approximate surface area is 160 Å². The summed E-state index contributed by atoms with van der Waals surface area (Å²) in [6, 6.07) is 1.66. The topological polar surface area (TPSA) is 82.9 Å². The highest BCUT2D eigenvalue weighted by Gasteiger charge is 2.28. The molecule has 3 heterocycles. The van der Waals surface area contributed by atoms with E-state index in [2.05, 4.69) is 5.32 Å². The van der Waals surface area contributed by atoms with Crippen LogP contribution in [0.3, 0.4) is 0 Å². The SMILES string of the molecule is O=C(NCCC(=O)N1CCCCCC1)C1CCN(C(=O)c2ccoc2)CC1. The molecule has 2 saturated heterocycles. The zero-order valence-corrected chi connectivity index (χ0v) is 15.8. The maximum absolute atomic E-state index is 12.4. The van der Waals surface area contributed by atoms with Crippen molar-refractivity contribution in [2.24, 2.45) is 5.92 Å². The molecule has 1 aromatic heterocycles. The summed E-state index contributed by atoms with van der Waals surface area (Å²) in [7, 11) is 0. The van der Waals surface area contributed by atoms with E-state index in [0.717, 1.165) is 25.9 Å². The smallest absolute Gasteiger partial charge is 0.257 e. The summed E-state index contributed by atoms with van der Waals surface area (Å²) >= 11 is 0. The fraction of sp³-hybridized carbons (Fsp3) is 0.650. The van der Waals surface area contributed by atoms with Crippen molar-refractivity contribution in [2.45, 2.75) is 44.9 Å². The molecule has 2 fully saturated rings. The van der Waals surface area contributed by atoms with E-state index in [1.807, 2.05) is 4.90 Å². The molecule has 0 atom stereocenters. The molecule has 27 heavy (non-hydrogen) atoms. The standard InChI is InChI=1S/C20H29N3O4/c24-18(22-10-3-1-2-4-11-22)5-9-21-19(25)16-6-12-23(13-7-16)20(26)17-8-14-27-15-17/h8,14-16H,1-7,9-13H2,(H,21,25). The van der Waals surface area contributed by atoms with Crippen LogP contribution in [0.1, 0.15) is 55.3 Å². The van der Waals surface area contributed by atoms with Crippen molar-refractivity contribution in [1.82, 2.24) is 15.1 Å². The van der Waals surface area contributed by atoms with E-state index in [1.54, 1.807) is 11.0 Å². The van der Waals surface area contributed by atoms with Gasteiger partial charge in [0.1, 0.15) is 6.26 Å². The number of furan rings is 1. The van der Waals surface area contributed by atoms with Gasteiger partial charge in [0.15, 0.2) is 0 Å². The molecule has 1 N–H and O–H groups in total. The number of nitrogens with one attached hydrogen (secondary N) is 1. The van der Waals surface area contributed by atoms with Crippen LogP contribution in [-0.2, 0) is 9.59 Å². The molecule has 1 aromatic rings. The number of carbonyl (C=O) groups is 3. The summed E-state index contributed by atoms with van der Waals surface area (Å²) in [5.41, 5.74) is 0.546. The summed E-state index contributed by atoms with van der Waals surface area (Å²) in [5, 5.41) is 2.90. The molecule has 7 heteroatoms. The average Bonchev–Trinajstić information content (AvgIpc) is 3.09. The molecule has 0 saturated carbocycles. The van der Waals surface area contributed by atoms with Gasteiger partial charge in [-0.1, -0.05) is 12.8 Å². The number of piperidine rings is 1. The molecule has 0 aliphatic carbocycles. The molecular formula is C20H29N3O4. The Balaban J connectivity index is 1.35. The number of amides is 3. The quantitative estimate of drug-likeness (QED) is 0.854. The molecule has 0 unspecified atom stereocenters. The van der Waals surface area contributed by atoms with Gasteiger partial charge in [-0.05, 0) is 31.7 Å². The first kappa shape index (κ1) is 19.5. The van der Waals surface area contributed by atoms with Crippen LogP contribution in [0.5, 0.6) is 0 Å². The van der Waals surface area contributed by atoms with Crippen molar-refractivity contribution in [3.8, 4) is 0 Å². The van der Waals surface area contributed by atoms with Crippen LogP contribution in [0.2, 0.25) is 0 Å². The van der Waals surface area contributed by atoms with E-state index in [0.29, 0.717) is 44.5 Å². The maximum atomic E-state index is 12.4. The first-order valence-corrected chi connectivity index (χ1v) is 10.0. The van der Waals surface area contributed by atoms with Crippen LogP contribution < -0.4 is 5.32 Å². The van der Waals surface area contributed by atoms with Crippen LogP contribution >= 0.6 is 0 Å². The number of likely N-dealkylation sites (tertiary alicyclic amines) is 2. The molecule has 0 radical (unpaired) electrons. The summed E-state index contributed by atoms with van der Waals surface area (Å²) in [6.07, 6.45) is 9.14. The van der Waals surface area contributed by atoms with Crippen molar-refractivity contribution in [3.05, 3.63) is 24.2 Å². The molecule has 0 aromatic carbocycles. The predicted molar refractivity (Wildman–Crippen MR) is 100 cm³/mol. The van der Waals surface area contributed by atoms with Gasteiger partial charge in [0, 0.05) is 45.1 Å². The number of hydrogen-bond acceptors (Lipinski definition) is 4. The van der Waals surface area contributed by atoms with Crippen LogP contribution in [-0.4, -0.2) is 60.2 Å². The second-order valence-corrected chi connectivity index (χ2v) is 7.41. The maximum Gasteiger partial charge on any atom is 0.257 e. The van der Waals surface area contributed by atoms with Gasteiger partial charge < -0.3 is 19.5 Å². The zero-order chi connectivity index (χ0) is 19.1. The van der Waals surface area contributed by atoms with Gasteiger partial charge in [-0.15, -0.1) is 0 Å². The third-order valence-corrected chi connectivity index (χ3v) is 5.52. The number of hydrogen-bond donors (Lipinski definition) is 1. The molecule has 3 rings (SSSR count). The van der Waals surface area contributed by atoms with E-state index < -0.39 is 0 Å². The third kappa shape index (κ3) is 5.34. The minimum atomic E-state index is -0.0910. The van der Waals surface area contributed by atoms with Gasteiger partial charge in [-0.25, -0.2) is 0 Å². The molecule has 0 spiro atoms. The Morgan fingerprint density at radius 2 is 1.70 bits per heavy atom. The van der Waals surface area contributed by atoms with E-state index >= 15 is 0 Å². The molecule has 3 amide bonds. The molecular weight excluding hydrogens is 346 g/mol. The number of rotatable bonds is 5. The summed E-state index contributed by atoms with van der Waals surface area (Å²) in [5.74, 6) is -0.0100. The summed E-state index contributed by atoms with van der Waals surface area (Å²) < 4.78 is 4.96. The Kier molecular flexibility index (Phi) is 6.90. The Bertz CT molecular complexity index is 628. The minimum absolute atomic E-state index is 0.00548. The first-order chi connectivity index (χ1) is 13.1. The minimum Gasteiger partial charge on any atom is -0.472 e. The van der Waals surface area contributed by atoms with Crippen molar-refractivity contribution < 1.29 is 18.8 Å². The number of carbonyl (C=O) groups excluding carboxylic acids is 3. The normalized spacial score (nSPS) is 18.8. The second-order valence-electron chi connectivity index (χ2n) is 7.41. The highest BCUT2D eigenvalue weighted by atomic mass is 16.3. The van der Waals surface area contributed by atoms with Crippen molar-refractivity contribution in [2.75, 3.05) is 32.7 Å². The lowest BCUT2D eigenvalue weighted by molar-refractivity contribution is -0.131. The van der Waals surface area contributed by atoms with Crippen LogP contribution in [0, 0.1) is 5.92 Å². The number of nitrogens with zero attached hydrogens (tertiary/aromatic N) is 2. The van der Waals surface area contributed by atoms with E-state index in [-0.39, 0.29) is 23.6 Å². The van der Waals surface area contributed by atoms with Gasteiger partial charge in [0.05, 0.1) is 11.8 Å². The highest BCUT2D eigenvalue weighted by molar-refractivity contribution is 5.94. The second kappa shape index (κ2) is 9.58.